The van der Waals surface area contributed by atoms with Gasteiger partial charge in [0.25, 0.3) is 0 Å². The van der Waals surface area contributed by atoms with Gasteiger partial charge in [0.05, 0.1) is 6.04 Å². The van der Waals surface area contributed by atoms with Crippen molar-refractivity contribution in [3.63, 3.8) is 0 Å². The Bertz CT molecular complexity index is 756. The fourth-order valence-corrected chi connectivity index (χ4v) is 5.40. The molecule has 3 fully saturated rings. The molecule has 2 amide bonds. The summed E-state index contributed by atoms with van der Waals surface area (Å²) in [5, 5.41) is 0. The Kier molecular flexibility index (Phi) is 7.44. The van der Waals surface area contributed by atoms with Crippen molar-refractivity contribution in [3.05, 3.63) is 42.0 Å². The first-order chi connectivity index (χ1) is 15.1. The normalized spacial score (nSPS) is 22.9. The molecule has 1 saturated carbocycles. The van der Waals surface area contributed by atoms with Crippen LogP contribution in [0.4, 0.5) is 0 Å². The molecule has 0 bridgehead atoms. The van der Waals surface area contributed by atoms with E-state index in [4.69, 9.17) is 0 Å². The van der Waals surface area contributed by atoms with Crippen LogP contribution >= 0.6 is 0 Å². The van der Waals surface area contributed by atoms with Crippen LogP contribution in [0.2, 0.25) is 0 Å². The molecule has 0 radical (unpaired) electrons. The summed E-state index contributed by atoms with van der Waals surface area (Å²) in [4.78, 5) is 32.7. The van der Waals surface area contributed by atoms with E-state index >= 15 is 0 Å². The van der Waals surface area contributed by atoms with E-state index in [1.165, 1.54) is 25.7 Å². The molecule has 5 nitrogen and oxygen atoms in total. The van der Waals surface area contributed by atoms with Crippen LogP contribution in [0.5, 0.6) is 0 Å². The van der Waals surface area contributed by atoms with Crippen LogP contribution in [0, 0.1) is 11.8 Å². The van der Waals surface area contributed by atoms with E-state index in [-0.39, 0.29) is 11.9 Å². The number of hydrogen-bond acceptors (Lipinski definition) is 3. The van der Waals surface area contributed by atoms with Gasteiger partial charge in [0.2, 0.25) is 11.8 Å². The summed E-state index contributed by atoms with van der Waals surface area (Å²) in [6.07, 6.45) is 10.6. The number of piperazine rings is 1. The van der Waals surface area contributed by atoms with Crippen molar-refractivity contribution in [3.8, 4) is 0 Å². The Hall–Kier alpha value is -2.14. The maximum Gasteiger partial charge on any atom is 0.246 e. The highest BCUT2D eigenvalue weighted by molar-refractivity contribution is 5.91. The fraction of sp³-hybridized carbons (Fsp3) is 0.615. The van der Waals surface area contributed by atoms with E-state index < -0.39 is 0 Å². The van der Waals surface area contributed by atoms with Crippen molar-refractivity contribution in [1.82, 2.24) is 14.7 Å². The third-order valence-electron chi connectivity index (χ3n) is 7.43. The molecule has 2 saturated heterocycles. The lowest BCUT2D eigenvalue weighted by Crippen LogP contribution is -2.59. The highest BCUT2D eigenvalue weighted by Crippen LogP contribution is 2.32. The van der Waals surface area contributed by atoms with Gasteiger partial charge in [-0.2, -0.15) is 0 Å². The molecular weight excluding hydrogens is 386 g/mol. The van der Waals surface area contributed by atoms with Gasteiger partial charge < -0.3 is 9.80 Å². The molecular formula is C26H37N3O2. The van der Waals surface area contributed by atoms with Crippen LogP contribution in [0.1, 0.15) is 51.0 Å². The Morgan fingerprint density at radius 1 is 0.871 bits per heavy atom. The second-order valence-electron chi connectivity index (χ2n) is 9.60. The van der Waals surface area contributed by atoms with E-state index in [0.717, 1.165) is 50.5 Å². The molecule has 5 heteroatoms. The molecule has 4 rings (SSSR count). The fourth-order valence-electron chi connectivity index (χ4n) is 5.40. The van der Waals surface area contributed by atoms with Crippen molar-refractivity contribution in [2.45, 2.75) is 51.5 Å². The number of hydrogen-bond donors (Lipinski definition) is 0. The number of likely N-dealkylation sites (tertiary alicyclic amines) is 1. The van der Waals surface area contributed by atoms with Gasteiger partial charge in [0.15, 0.2) is 0 Å². The number of benzene rings is 1. The maximum atomic E-state index is 13.6. The Morgan fingerprint density at radius 3 is 2.16 bits per heavy atom. The number of carbonyl (C=O) groups excluding carboxylic acids is 2. The smallest absolute Gasteiger partial charge is 0.246 e. The predicted molar refractivity (Wildman–Crippen MR) is 124 cm³/mol. The van der Waals surface area contributed by atoms with Crippen LogP contribution < -0.4 is 0 Å². The standard InChI is InChI=1S/C26H37N3O2/c1-21-13-15-29(16-14-21)26(31)25(23-9-5-6-10-23)28-19-17-27(18-20-28)24(30)12-11-22-7-3-2-4-8-22/h2-4,7-8,11-12,21,23,25H,5-6,9-10,13-20H2,1H3/b12-11+. The average Bonchev–Trinajstić information content (AvgIpc) is 3.33. The van der Waals surface area contributed by atoms with Crippen molar-refractivity contribution >= 4 is 17.9 Å². The quantitative estimate of drug-likeness (QED) is 0.679. The van der Waals surface area contributed by atoms with Gasteiger partial charge in [-0.25, -0.2) is 0 Å². The number of carbonyl (C=O) groups is 2. The minimum Gasteiger partial charge on any atom is -0.341 e. The molecule has 0 N–H and O–H groups in total. The maximum absolute atomic E-state index is 13.6. The zero-order chi connectivity index (χ0) is 21.6. The molecule has 1 atom stereocenters. The first-order valence-corrected chi connectivity index (χ1v) is 12.2. The molecule has 31 heavy (non-hydrogen) atoms. The molecule has 0 spiro atoms. The summed E-state index contributed by atoms with van der Waals surface area (Å²) in [6.45, 7) is 7.10. The van der Waals surface area contributed by atoms with Crippen LogP contribution in [-0.4, -0.2) is 71.8 Å². The van der Waals surface area contributed by atoms with Gasteiger partial charge in [0.1, 0.15) is 0 Å². The first-order valence-electron chi connectivity index (χ1n) is 12.2. The van der Waals surface area contributed by atoms with Gasteiger partial charge in [-0.05, 0) is 49.2 Å². The molecule has 3 aliphatic rings. The second kappa shape index (κ2) is 10.4. The molecule has 168 valence electrons. The largest absolute Gasteiger partial charge is 0.341 e. The number of rotatable bonds is 5. The van der Waals surface area contributed by atoms with E-state index in [9.17, 15) is 9.59 Å². The van der Waals surface area contributed by atoms with Crippen LogP contribution in [0.15, 0.2) is 36.4 Å². The highest BCUT2D eigenvalue weighted by Gasteiger charge is 2.39. The second-order valence-corrected chi connectivity index (χ2v) is 9.60. The lowest BCUT2D eigenvalue weighted by molar-refractivity contribution is -0.142. The Labute approximate surface area is 187 Å². The van der Waals surface area contributed by atoms with Crippen molar-refractivity contribution in [1.29, 1.82) is 0 Å². The van der Waals surface area contributed by atoms with Gasteiger partial charge >= 0.3 is 0 Å². The first kappa shape index (κ1) is 22.1. The third kappa shape index (κ3) is 5.57. The summed E-state index contributed by atoms with van der Waals surface area (Å²) < 4.78 is 0. The molecule has 1 unspecified atom stereocenters. The van der Waals surface area contributed by atoms with E-state index in [1.807, 2.05) is 41.3 Å². The van der Waals surface area contributed by atoms with Crippen molar-refractivity contribution in [2.24, 2.45) is 11.8 Å². The molecule has 1 aliphatic carbocycles. The SMILES string of the molecule is CC1CCN(C(=O)C(C2CCCC2)N2CCN(C(=O)/C=C/c3ccccc3)CC2)CC1. The van der Waals surface area contributed by atoms with Crippen molar-refractivity contribution < 1.29 is 9.59 Å². The van der Waals surface area contributed by atoms with Crippen molar-refractivity contribution in [2.75, 3.05) is 39.3 Å². The monoisotopic (exact) mass is 423 g/mol. The lowest BCUT2D eigenvalue weighted by atomic mass is 9.92. The number of nitrogens with zero attached hydrogens (tertiary/aromatic N) is 3. The van der Waals surface area contributed by atoms with Gasteiger partial charge in [-0.15, -0.1) is 0 Å². The Balaban J connectivity index is 1.36. The minimum atomic E-state index is 0.00743. The van der Waals surface area contributed by atoms with E-state index in [0.29, 0.717) is 24.9 Å². The molecule has 1 aromatic carbocycles. The average molecular weight is 424 g/mol. The zero-order valence-corrected chi connectivity index (χ0v) is 18.9. The van der Waals surface area contributed by atoms with Gasteiger partial charge in [0, 0.05) is 45.3 Å². The lowest BCUT2D eigenvalue weighted by Gasteiger charge is -2.43. The summed E-state index contributed by atoms with van der Waals surface area (Å²) in [5.74, 6) is 1.62. The number of amides is 2. The Morgan fingerprint density at radius 2 is 1.52 bits per heavy atom. The molecule has 2 aliphatic heterocycles. The van der Waals surface area contributed by atoms with Crippen LogP contribution in [-0.2, 0) is 9.59 Å². The highest BCUT2D eigenvalue weighted by atomic mass is 16.2. The molecule has 0 aromatic heterocycles. The molecule has 1 aromatic rings. The van der Waals surface area contributed by atoms with Gasteiger partial charge in [-0.1, -0.05) is 50.1 Å². The minimum absolute atomic E-state index is 0.00743. The van der Waals surface area contributed by atoms with Crippen LogP contribution in [0.3, 0.4) is 0 Å². The summed E-state index contributed by atoms with van der Waals surface area (Å²) in [7, 11) is 0. The van der Waals surface area contributed by atoms with E-state index in [2.05, 4.69) is 16.7 Å². The molecule has 2 heterocycles. The van der Waals surface area contributed by atoms with Gasteiger partial charge in [-0.3, -0.25) is 14.5 Å². The summed E-state index contributed by atoms with van der Waals surface area (Å²) >= 11 is 0. The third-order valence-corrected chi connectivity index (χ3v) is 7.43. The zero-order valence-electron chi connectivity index (χ0n) is 18.9. The predicted octanol–water partition coefficient (Wildman–Crippen LogP) is 3.66. The summed E-state index contributed by atoms with van der Waals surface area (Å²) in [5.41, 5.74) is 1.04. The van der Waals surface area contributed by atoms with Crippen LogP contribution in [0.25, 0.3) is 6.08 Å². The topological polar surface area (TPSA) is 43.9 Å². The number of piperidine rings is 1. The summed E-state index contributed by atoms with van der Waals surface area (Å²) in [6, 6.07) is 9.94. The van der Waals surface area contributed by atoms with E-state index in [1.54, 1.807) is 6.08 Å².